The number of aromatic nitrogens is 1. The molecule has 1 aromatic heterocycles. The largest absolute Gasteiger partial charge is 0.379 e. The van der Waals surface area contributed by atoms with Gasteiger partial charge in [-0.15, -0.1) is 0 Å². The molecule has 2 fully saturated rings. The van der Waals surface area contributed by atoms with Crippen LogP contribution in [0, 0.1) is 0 Å². The first kappa shape index (κ1) is 20.9. The number of aliphatic imine (C=N–C) groups is 1. The lowest BCUT2D eigenvalue weighted by Gasteiger charge is -2.37. The molecule has 1 aromatic rings. The summed E-state index contributed by atoms with van der Waals surface area (Å²) in [5.74, 6) is 2.02. The summed E-state index contributed by atoms with van der Waals surface area (Å²) in [6.45, 7) is 13.0. The van der Waals surface area contributed by atoms with Crippen molar-refractivity contribution in [2.75, 3.05) is 50.8 Å². The first-order valence-corrected chi connectivity index (χ1v) is 10.7. The van der Waals surface area contributed by atoms with Crippen LogP contribution in [0.25, 0.3) is 0 Å². The van der Waals surface area contributed by atoms with Gasteiger partial charge in [0, 0.05) is 50.5 Å². The number of nitrogens with zero attached hydrogens (tertiary/aromatic N) is 4. The summed E-state index contributed by atoms with van der Waals surface area (Å²) in [5.41, 5.74) is 0. The monoisotopic (exact) mass is 388 g/mol. The lowest BCUT2D eigenvalue weighted by Crippen LogP contribution is -2.51. The standard InChI is InChI=1S/C21H36N6O/c1-4-22-21(24-15-17(2)27-13-14-28-16-18(27)3)25-19-8-11-26(12-9-19)20-7-5-6-10-23-20/h5-7,10,17-19H,4,8-9,11-16H2,1-3H3,(H2,22,24,25). The molecule has 3 rings (SSSR count). The normalized spacial score (nSPS) is 23.5. The average molecular weight is 389 g/mol. The summed E-state index contributed by atoms with van der Waals surface area (Å²) < 4.78 is 5.56. The van der Waals surface area contributed by atoms with Crippen LogP contribution in [-0.4, -0.2) is 79.9 Å². The van der Waals surface area contributed by atoms with Crippen LogP contribution in [0.3, 0.4) is 0 Å². The maximum atomic E-state index is 5.56. The van der Waals surface area contributed by atoms with Crippen molar-refractivity contribution >= 4 is 11.8 Å². The van der Waals surface area contributed by atoms with E-state index in [1.807, 2.05) is 12.3 Å². The summed E-state index contributed by atoms with van der Waals surface area (Å²) in [6, 6.07) is 7.45. The third kappa shape index (κ3) is 5.82. The summed E-state index contributed by atoms with van der Waals surface area (Å²) >= 11 is 0. The number of hydrogen-bond donors (Lipinski definition) is 2. The molecule has 0 spiro atoms. The molecule has 2 N–H and O–H groups in total. The first-order valence-electron chi connectivity index (χ1n) is 10.7. The second-order valence-electron chi connectivity index (χ2n) is 7.82. The third-order valence-corrected chi connectivity index (χ3v) is 5.65. The van der Waals surface area contributed by atoms with Crippen molar-refractivity contribution in [3.05, 3.63) is 24.4 Å². The van der Waals surface area contributed by atoms with Crippen LogP contribution < -0.4 is 15.5 Å². The second-order valence-corrected chi connectivity index (χ2v) is 7.82. The highest BCUT2D eigenvalue weighted by atomic mass is 16.5. The van der Waals surface area contributed by atoms with Gasteiger partial charge < -0.3 is 20.3 Å². The van der Waals surface area contributed by atoms with E-state index in [9.17, 15) is 0 Å². The van der Waals surface area contributed by atoms with Crippen LogP contribution in [0.5, 0.6) is 0 Å². The molecular formula is C21H36N6O. The van der Waals surface area contributed by atoms with Crippen LogP contribution in [0.2, 0.25) is 0 Å². The Bertz CT molecular complexity index is 602. The zero-order valence-corrected chi connectivity index (χ0v) is 17.6. The molecule has 2 saturated heterocycles. The maximum Gasteiger partial charge on any atom is 0.191 e. The smallest absolute Gasteiger partial charge is 0.191 e. The predicted molar refractivity (Wildman–Crippen MR) is 115 cm³/mol. The number of piperidine rings is 1. The Labute approximate surface area is 169 Å². The molecule has 7 nitrogen and oxygen atoms in total. The van der Waals surface area contributed by atoms with Gasteiger partial charge in [0.25, 0.3) is 0 Å². The van der Waals surface area contributed by atoms with Gasteiger partial charge in [-0.05, 0) is 45.7 Å². The van der Waals surface area contributed by atoms with Gasteiger partial charge in [0.2, 0.25) is 0 Å². The summed E-state index contributed by atoms with van der Waals surface area (Å²) in [4.78, 5) is 14.2. The zero-order chi connectivity index (χ0) is 19.8. The van der Waals surface area contributed by atoms with Crippen molar-refractivity contribution in [2.45, 2.75) is 51.7 Å². The van der Waals surface area contributed by atoms with Crippen molar-refractivity contribution < 1.29 is 4.74 Å². The number of hydrogen-bond acceptors (Lipinski definition) is 5. The van der Waals surface area contributed by atoms with Crippen LogP contribution in [0.4, 0.5) is 5.82 Å². The molecule has 0 saturated carbocycles. The summed E-state index contributed by atoms with van der Waals surface area (Å²) in [5, 5.41) is 7.06. The lowest BCUT2D eigenvalue weighted by molar-refractivity contribution is -0.0165. The number of ether oxygens (including phenoxy) is 1. The number of nitrogens with one attached hydrogen (secondary N) is 2. The number of morpholine rings is 1. The highest BCUT2D eigenvalue weighted by molar-refractivity contribution is 5.80. The molecule has 0 amide bonds. The minimum absolute atomic E-state index is 0.417. The van der Waals surface area contributed by atoms with Crippen LogP contribution >= 0.6 is 0 Å². The Morgan fingerprint density at radius 3 is 2.82 bits per heavy atom. The molecule has 2 unspecified atom stereocenters. The summed E-state index contributed by atoms with van der Waals surface area (Å²) in [7, 11) is 0. The van der Waals surface area contributed by atoms with Crippen molar-refractivity contribution in [3.8, 4) is 0 Å². The van der Waals surface area contributed by atoms with E-state index < -0.39 is 0 Å². The van der Waals surface area contributed by atoms with Crippen LogP contribution in [0.15, 0.2) is 29.4 Å². The Morgan fingerprint density at radius 1 is 1.32 bits per heavy atom. The number of rotatable bonds is 6. The van der Waals surface area contributed by atoms with Gasteiger partial charge in [-0.2, -0.15) is 0 Å². The lowest BCUT2D eigenvalue weighted by atomic mass is 10.1. The highest BCUT2D eigenvalue weighted by Gasteiger charge is 2.24. The van der Waals surface area contributed by atoms with E-state index in [2.05, 4.69) is 58.3 Å². The van der Waals surface area contributed by atoms with Gasteiger partial charge >= 0.3 is 0 Å². The fourth-order valence-electron chi connectivity index (χ4n) is 4.03. The highest BCUT2D eigenvalue weighted by Crippen LogP contribution is 2.17. The van der Waals surface area contributed by atoms with Gasteiger partial charge in [0.05, 0.1) is 19.8 Å². The molecule has 2 atom stereocenters. The van der Waals surface area contributed by atoms with Gasteiger partial charge in [0.1, 0.15) is 5.82 Å². The second kappa shape index (κ2) is 10.6. The molecule has 2 aliphatic rings. The topological polar surface area (TPSA) is 65.0 Å². The van der Waals surface area contributed by atoms with Crippen molar-refractivity contribution in [1.82, 2.24) is 20.5 Å². The van der Waals surface area contributed by atoms with Crippen molar-refractivity contribution in [2.24, 2.45) is 4.99 Å². The molecule has 0 radical (unpaired) electrons. The van der Waals surface area contributed by atoms with E-state index in [0.29, 0.717) is 18.1 Å². The van der Waals surface area contributed by atoms with E-state index in [1.54, 1.807) is 0 Å². The Morgan fingerprint density at radius 2 is 2.14 bits per heavy atom. The van der Waals surface area contributed by atoms with E-state index >= 15 is 0 Å². The fraction of sp³-hybridized carbons (Fsp3) is 0.714. The van der Waals surface area contributed by atoms with Crippen molar-refractivity contribution in [3.63, 3.8) is 0 Å². The Hall–Kier alpha value is -1.86. The zero-order valence-electron chi connectivity index (χ0n) is 17.6. The molecule has 156 valence electrons. The molecule has 0 aliphatic carbocycles. The SMILES string of the molecule is CCNC(=NCC(C)N1CCOCC1C)NC1CCN(c2ccccn2)CC1. The number of anilines is 1. The molecule has 2 aliphatic heterocycles. The fourth-order valence-corrected chi connectivity index (χ4v) is 4.03. The Balaban J connectivity index is 1.49. The molecule has 0 bridgehead atoms. The van der Waals surface area contributed by atoms with Gasteiger partial charge in [-0.3, -0.25) is 9.89 Å². The van der Waals surface area contributed by atoms with Crippen LogP contribution in [0.1, 0.15) is 33.6 Å². The minimum atomic E-state index is 0.417. The third-order valence-electron chi connectivity index (χ3n) is 5.65. The van der Waals surface area contributed by atoms with E-state index in [-0.39, 0.29) is 0 Å². The quantitative estimate of drug-likeness (QED) is 0.571. The van der Waals surface area contributed by atoms with Gasteiger partial charge in [-0.25, -0.2) is 4.98 Å². The molecule has 28 heavy (non-hydrogen) atoms. The number of pyridine rings is 1. The van der Waals surface area contributed by atoms with Crippen molar-refractivity contribution in [1.29, 1.82) is 0 Å². The van der Waals surface area contributed by atoms with E-state index in [0.717, 1.165) is 70.6 Å². The minimum Gasteiger partial charge on any atom is -0.379 e. The molecule has 0 aromatic carbocycles. The molecule has 3 heterocycles. The van der Waals surface area contributed by atoms with Crippen LogP contribution in [-0.2, 0) is 4.74 Å². The molecule has 7 heteroatoms. The average Bonchev–Trinajstić information content (AvgIpc) is 2.73. The number of guanidine groups is 1. The summed E-state index contributed by atoms with van der Waals surface area (Å²) in [6.07, 6.45) is 4.06. The van der Waals surface area contributed by atoms with Gasteiger partial charge in [0.15, 0.2) is 5.96 Å². The van der Waals surface area contributed by atoms with E-state index in [1.165, 1.54) is 0 Å². The van der Waals surface area contributed by atoms with Gasteiger partial charge in [-0.1, -0.05) is 6.07 Å². The Kier molecular flexibility index (Phi) is 7.91. The predicted octanol–water partition coefficient (Wildman–Crippen LogP) is 1.71. The maximum absolute atomic E-state index is 5.56. The molecular weight excluding hydrogens is 352 g/mol. The first-order chi connectivity index (χ1) is 13.7. The van der Waals surface area contributed by atoms with E-state index in [4.69, 9.17) is 9.73 Å².